The average Bonchev–Trinajstić information content (AvgIpc) is 2.53. The van der Waals surface area contributed by atoms with Crippen LogP contribution in [0.2, 0.25) is 10.0 Å². The molecule has 0 bridgehead atoms. The van der Waals surface area contributed by atoms with E-state index in [9.17, 15) is 14.4 Å². The first-order chi connectivity index (χ1) is 12.1. The minimum atomic E-state index is -0.786. The number of benzene rings is 1. The van der Waals surface area contributed by atoms with Gasteiger partial charge in [0.25, 0.3) is 5.91 Å². The summed E-state index contributed by atoms with van der Waals surface area (Å²) in [4.78, 5) is 36.8. The lowest BCUT2D eigenvalue weighted by molar-refractivity contribution is -0.129. The zero-order valence-corrected chi connectivity index (χ0v) is 16.9. The molecule has 0 fully saturated rings. The standard InChI is InChI=1S/C18H25Cl2N3O3/c1-5-21-16(24)11(4)22-18(26)15(8-10(2)3)23-17(25)13-7-6-12(19)9-14(13)20/h6-7,9-11,15H,5,8H2,1-4H3,(H,21,24)(H,22,26)(H,23,25). The van der Waals surface area contributed by atoms with E-state index in [-0.39, 0.29) is 22.4 Å². The molecule has 26 heavy (non-hydrogen) atoms. The first-order valence-electron chi connectivity index (χ1n) is 8.49. The predicted octanol–water partition coefficient (Wildman–Crippen LogP) is 2.78. The van der Waals surface area contributed by atoms with Crippen LogP contribution in [0.4, 0.5) is 0 Å². The van der Waals surface area contributed by atoms with E-state index in [0.29, 0.717) is 18.0 Å². The van der Waals surface area contributed by atoms with Crippen LogP contribution < -0.4 is 16.0 Å². The summed E-state index contributed by atoms with van der Waals surface area (Å²) in [5.74, 6) is -1.02. The van der Waals surface area contributed by atoms with Crippen LogP contribution >= 0.6 is 23.2 Å². The highest BCUT2D eigenvalue weighted by Crippen LogP contribution is 2.21. The van der Waals surface area contributed by atoms with Crippen LogP contribution in [0.25, 0.3) is 0 Å². The van der Waals surface area contributed by atoms with Gasteiger partial charge in [-0.15, -0.1) is 0 Å². The maximum atomic E-state index is 12.5. The number of hydrogen-bond acceptors (Lipinski definition) is 3. The molecule has 0 aliphatic carbocycles. The van der Waals surface area contributed by atoms with Crippen molar-refractivity contribution < 1.29 is 14.4 Å². The molecule has 0 aromatic heterocycles. The summed E-state index contributed by atoms with van der Waals surface area (Å²) < 4.78 is 0. The third kappa shape index (κ3) is 6.84. The van der Waals surface area contributed by atoms with Crippen LogP contribution in [0.3, 0.4) is 0 Å². The lowest BCUT2D eigenvalue weighted by atomic mass is 10.0. The van der Waals surface area contributed by atoms with E-state index in [4.69, 9.17) is 23.2 Å². The Labute approximate surface area is 164 Å². The normalized spacial score (nSPS) is 13.0. The fourth-order valence-electron chi connectivity index (χ4n) is 2.32. The highest BCUT2D eigenvalue weighted by atomic mass is 35.5. The maximum Gasteiger partial charge on any atom is 0.253 e. The number of hydrogen-bond donors (Lipinski definition) is 3. The Kier molecular flexibility index (Phi) is 8.88. The zero-order valence-electron chi connectivity index (χ0n) is 15.4. The molecule has 3 amide bonds. The highest BCUT2D eigenvalue weighted by Gasteiger charge is 2.26. The van der Waals surface area contributed by atoms with E-state index in [2.05, 4.69) is 16.0 Å². The quantitative estimate of drug-likeness (QED) is 0.625. The van der Waals surface area contributed by atoms with Crippen LogP contribution in [0, 0.1) is 5.92 Å². The monoisotopic (exact) mass is 401 g/mol. The fraction of sp³-hybridized carbons (Fsp3) is 0.500. The summed E-state index contributed by atoms with van der Waals surface area (Å²) in [6.07, 6.45) is 0.422. The van der Waals surface area contributed by atoms with E-state index in [0.717, 1.165) is 0 Å². The molecule has 0 saturated heterocycles. The van der Waals surface area contributed by atoms with Gasteiger partial charge in [0.2, 0.25) is 11.8 Å². The van der Waals surface area contributed by atoms with E-state index >= 15 is 0 Å². The summed E-state index contributed by atoms with van der Waals surface area (Å²) in [5.41, 5.74) is 0.231. The molecule has 0 aliphatic rings. The smallest absolute Gasteiger partial charge is 0.253 e. The molecule has 6 nitrogen and oxygen atoms in total. The van der Waals surface area contributed by atoms with Crippen molar-refractivity contribution in [2.75, 3.05) is 6.54 Å². The lowest BCUT2D eigenvalue weighted by Gasteiger charge is -2.22. The van der Waals surface area contributed by atoms with Gasteiger partial charge in [-0.25, -0.2) is 0 Å². The van der Waals surface area contributed by atoms with Crippen molar-refractivity contribution in [1.82, 2.24) is 16.0 Å². The van der Waals surface area contributed by atoms with Gasteiger partial charge in [-0.1, -0.05) is 37.0 Å². The van der Waals surface area contributed by atoms with E-state index in [1.807, 2.05) is 13.8 Å². The molecule has 144 valence electrons. The van der Waals surface area contributed by atoms with Gasteiger partial charge in [0.1, 0.15) is 12.1 Å². The molecular weight excluding hydrogens is 377 g/mol. The molecular formula is C18H25Cl2N3O3. The second kappa shape index (κ2) is 10.4. The molecule has 2 unspecified atom stereocenters. The number of carbonyl (C=O) groups excluding carboxylic acids is 3. The molecule has 1 rings (SSSR count). The SMILES string of the molecule is CCNC(=O)C(C)NC(=O)C(CC(C)C)NC(=O)c1ccc(Cl)cc1Cl. The fourth-order valence-corrected chi connectivity index (χ4v) is 2.81. The molecule has 0 heterocycles. The molecule has 0 spiro atoms. The van der Waals surface area contributed by atoms with Crippen LogP contribution in [-0.4, -0.2) is 36.3 Å². The third-order valence-electron chi connectivity index (χ3n) is 3.61. The Morgan fingerprint density at radius 3 is 2.23 bits per heavy atom. The second-order valence-corrected chi connectivity index (χ2v) is 7.25. The van der Waals surface area contributed by atoms with Crippen LogP contribution in [0.5, 0.6) is 0 Å². The van der Waals surface area contributed by atoms with Gasteiger partial charge >= 0.3 is 0 Å². The molecule has 0 aliphatic heterocycles. The zero-order chi connectivity index (χ0) is 19.9. The van der Waals surface area contributed by atoms with Crippen molar-refractivity contribution in [3.63, 3.8) is 0 Å². The van der Waals surface area contributed by atoms with Crippen molar-refractivity contribution in [1.29, 1.82) is 0 Å². The Balaban J connectivity index is 2.87. The van der Waals surface area contributed by atoms with Crippen LogP contribution in [0.1, 0.15) is 44.5 Å². The predicted molar refractivity (Wildman–Crippen MR) is 103 cm³/mol. The first kappa shape index (κ1) is 22.3. The molecule has 1 aromatic rings. The third-order valence-corrected chi connectivity index (χ3v) is 4.16. The Morgan fingerprint density at radius 2 is 1.69 bits per heavy atom. The molecule has 3 N–H and O–H groups in total. The van der Waals surface area contributed by atoms with E-state index in [1.165, 1.54) is 12.1 Å². The average molecular weight is 402 g/mol. The summed E-state index contributed by atoms with van der Waals surface area (Å²) in [7, 11) is 0. The largest absolute Gasteiger partial charge is 0.355 e. The molecule has 0 saturated carbocycles. The van der Waals surface area contributed by atoms with Gasteiger partial charge in [-0.2, -0.15) is 0 Å². The van der Waals surface area contributed by atoms with Gasteiger partial charge in [0.15, 0.2) is 0 Å². The van der Waals surface area contributed by atoms with Crippen LogP contribution in [0.15, 0.2) is 18.2 Å². The number of halogens is 2. The maximum absolute atomic E-state index is 12.5. The van der Waals surface area contributed by atoms with Crippen molar-refractivity contribution >= 4 is 40.9 Å². The van der Waals surface area contributed by atoms with Crippen molar-refractivity contribution in [3.8, 4) is 0 Å². The number of likely N-dealkylation sites (N-methyl/N-ethyl adjacent to an activating group) is 1. The van der Waals surface area contributed by atoms with E-state index < -0.39 is 23.9 Å². The molecule has 2 atom stereocenters. The Hall–Kier alpha value is -1.79. The first-order valence-corrected chi connectivity index (χ1v) is 9.25. The molecule has 8 heteroatoms. The van der Waals surface area contributed by atoms with Crippen molar-refractivity contribution in [2.24, 2.45) is 5.92 Å². The number of nitrogens with one attached hydrogen (secondary N) is 3. The van der Waals surface area contributed by atoms with Crippen molar-refractivity contribution in [3.05, 3.63) is 33.8 Å². The number of carbonyl (C=O) groups is 3. The highest BCUT2D eigenvalue weighted by molar-refractivity contribution is 6.36. The van der Waals surface area contributed by atoms with E-state index in [1.54, 1.807) is 19.9 Å². The van der Waals surface area contributed by atoms with Gasteiger partial charge in [-0.05, 0) is 44.4 Å². The van der Waals surface area contributed by atoms with Gasteiger partial charge in [-0.3, -0.25) is 14.4 Å². The minimum Gasteiger partial charge on any atom is -0.355 e. The Morgan fingerprint density at radius 1 is 1.04 bits per heavy atom. The van der Waals surface area contributed by atoms with Gasteiger partial charge in [0, 0.05) is 11.6 Å². The van der Waals surface area contributed by atoms with Gasteiger partial charge < -0.3 is 16.0 Å². The molecule has 1 aromatic carbocycles. The summed E-state index contributed by atoms with van der Waals surface area (Å²) >= 11 is 11.9. The number of rotatable bonds is 8. The summed E-state index contributed by atoms with van der Waals surface area (Å²) in [5, 5.41) is 8.58. The summed E-state index contributed by atoms with van der Waals surface area (Å²) in [6, 6.07) is 3.03. The lowest BCUT2D eigenvalue weighted by Crippen LogP contribution is -2.53. The topological polar surface area (TPSA) is 87.3 Å². The van der Waals surface area contributed by atoms with Crippen LogP contribution in [-0.2, 0) is 9.59 Å². The summed E-state index contributed by atoms with van der Waals surface area (Å²) in [6.45, 7) is 7.74. The van der Waals surface area contributed by atoms with Gasteiger partial charge in [0.05, 0.1) is 10.6 Å². The second-order valence-electron chi connectivity index (χ2n) is 6.40. The number of amides is 3. The minimum absolute atomic E-state index is 0.159. The van der Waals surface area contributed by atoms with Crippen molar-refractivity contribution in [2.45, 2.75) is 46.2 Å². The molecule has 0 radical (unpaired) electrons. The Bertz CT molecular complexity index is 665.